The second-order valence-electron chi connectivity index (χ2n) is 9.15. The van der Waals surface area contributed by atoms with Crippen molar-refractivity contribution in [1.29, 1.82) is 0 Å². The molecule has 1 heterocycles. The molecule has 0 aliphatic rings. The maximum atomic E-state index is 14.1. The largest absolute Gasteiger partial charge is 0.497 e. The monoisotopic (exact) mass is 539 g/mol. The van der Waals surface area contributed by atoms with E-state index in [0.29, 0.717) is 35.8 Å². The number of hydrogen-bond donors (Lipinski definition) is 3. The van der Waals surface area contributed by atoms with E-state index in [2.05, 4.69) is 9.69 Å². The fourth-order valence-corrected chi connectivity index (χ4v) is 4.45. The molecule has 0 aliphatic heterocycles. The smallest absolute Gasteiger partial charge is 0.273 e. The van der Waals surface area contributed by atoms with Crippen molar-refractivity contribution in [2.45, 2.75) is 45.7 Å². The number of hydrogen-bond acceptors (Lipinski definition) is 8. The molecule has 10 nitrogen and oxygen atoms in total. The van der Waals surface area contributed by atoms with Crippen LogP contribution in [0.25, 0.3) is 0 Å². The number of benzene rings is 2. The normalized spacial score (nSPS) is 11.9. The molecule has 11 heteroatoms. The van der Waals surface area contributed by atoms with Gasteiger partial charge in [-0.2, -0.15) is 4.37 Å². The van der Waals surface area contributed by atoms with Gasteiger partial charge in [0, 0.05) is 17.3 Å². The molecule has 1 aromatic heterocycles. The highest BCUT2D eigenvalue weighted by Gasteiger charge is 2.37. The fourth-order valence-electron chi connectivity index (χ4n) is 3.70. The minimum atomic E-state index is -1.12. The summed E-state index contributed by atoms with van der Waals surface area (Å²) in [6.07, 6.45) is 0.658. The third-order valence-corrected chi connectivity index (χ3v) is 6.92. The zero-order chi connectivity index (χ0) is 28.0. The van der Waals surface area contributed by atoms with Gasteiger partial charge >= 0.3 is 0 Å². The van der Waals surface area contributed by atoms with Gasteiger partial charge in [0.25, 0.3) is 11.8 Å². The summed E-state index contributed by atoms with van der Waals surface area (Å²) >= 11 is 0.747. The van der Waals surface area contributed by atoms with Gasteiger partial charge in [0.15, 0.2) is 5.69 Å². The average Bonchev–Trinajstić information content (AvgIpc) is 3.29. The summed E-state index contributed by atoms with van der Waals surface area (Å²) in [6, 6.07) is 12.6. The number of nitrogens with one attached hydrogen (secondary N) is 1. The number of carbonyl (C=O) groups excluding carboxylic acids is 3. The van der Waals surface area contributed by atoms with Crippen LogP contribution in [0.1, 0.15) is 65.9 Å². The van der Waals surface area contributed by atoms with E-state index < -0.39 is 29.3 Å². The predicted molar refractivity (Wildman–Crippen MR) is 148 cm³/mol. The number of nitrogens with two attached hydrogens (primary N) is 2. The zero-order valence-corrected chi connectivity index (χ0v) is 22.9. The highest BCUT2D eigenvalue weighted by atomic mass is 32.1. The Labute approximate surface area is 226 Å². The first-order valence-corrected chi connectivity index (χ1v) is 12.9. The Bertz CT molecular complexity index is 1310. The first-order chi connectivity index (χ1) is 18.0. The zero-order valence-electron chi connectivity index (χ0n) is 22.1. The van der Waals surface area contributed by atoms with Crippen LogP contribution >= 0.6 is 11.5 Å². The molecule has 0 saturated heterocycles. The molecular weight excluding hydrogens is 506 g/mol. The van der Waals surface area contributed by atoms with E-state index >= 15 is 0 Å². The van der Waals surface area contributed by atoms with E-state index in [1.54, 1.807) is 48.5 Å². The van der Waals surface area contributed by atoms with Crippen LogP contribution in [-0.4, -0.2) is 41.4 Å². The lowest BCUT2D eigenvalue weighted by atomic mass is 9.98. The summed E-state index contributed by atoms with van der Waals surface area (Å²) in [5.41, 5.74) is 11.5. The van der Waals surface area contributed by atoms with Crippen molar-refractivity contribution in [3.05, 3.63) is 64.7 Å². The van der Waals surface area contributed by atoms with Crippen molar-refractivity contribution in [3.63, 3.8) is 0 Å². The standard InChI is InChI=1S/C27H33N5O5S/c1-6-27(3,4)30-25(34)22(16-11-13-18(14-12-16)37-7-2)32(17-9-8-10-19(15-17)36-5)26(35)23-20(28)21(24(29)33)31-38-23/h8-15,22H,6-7,28H2,1-5H3,(H2,29,33)(H,30,34)/t22-/m1/s1. The molecule has 0 fully saturated rings. The van der Waals surface area contributed by atoms with Crippen LogP contribution in [0.2, 0.25) is 0 Å². The van der Waals surface area contributed by atoms with Crippen LogP contribution in [0.15, 0.2) is 48.5 Å². The number of rotatable bonds is 11. The summed E-state index contributed by atoms with van der Waals surface area (Å²) in [5.74, 6) is -0.771. The Balaban J connectivity index is 2.24. The van der Waals surface area contributed by atoms with Crippen molar-refractivity contribution in [2.75, 3.05) is 24.4 Å². The Morgan fingerprint density at radius 2 is 1.79 bits per heavy atom. The van der Waals surface area contributed by atoms with Crippen LogP contribution in [-0.2, 0) is 4.79 Å². The summed E-state index contributed by atoms with van der Waals surface area (Å²) in [6.45, 7) is 8.12. The Morgan fingerprint density at radius 3 is 2.34 bits per heavy atom. The Hall–Kier alpha value is -4.12. The van der Waals surface area contributed by atoms with Gasteiger partial charge in [-0.3, -0.25) is 19.3 Å². The molecule has 0 bridgehead atoms. The van der Waals surface area contributed by atoms with Crippen LogP contribution in [0.4, 0.5) is 11.4 Å². The minimum absolute atomic E-state index is 0.0138. The molecule has 0 radical (unpaired) electrons. The summed E-state index contributed by atoms with van der Waals surface area (Å²) in [5, 5.41) is 3.05. The molecule has 0 spiro atoms. The molecule has 0 saturated carbocycles. The average molecular weight is 540 g/mol. The van der Waals surface area contributed by atoms with E-state index in [4.69, 9.17) is 20.9 Å². The molecule has 1 atom stereocenters. The number of aromatic nitrogens is 1. The van der Waals surface area contributed by atoms with Crippen LogP contribution in [0.5, 0.6) is 11.5 Å². The van der Waals surface area contributed by atoms with Gasteiger partial charge in [-0.1, -0.05) is 25.1 Å². The van der Waals surface area contributed by atoms with Gasteiger partial charge in [-0.25, -0.2) is 0 Å². The van der Waals surface area contributed by atoms with E-state index in [1.807, 2.05) is 27.7 Å². The number of anilines is 2. The third-order valence-electron chi connectivity index (χ3n) is 6.06. The lowest BCUT2D eigenvalue weighted by Gasteiger charge is -2.34. The quantitative estimate of drug-likeness (QED) is 0.334. The maximum absolute atomic E-state index is 14.1. The van der Waals surface area contributed by atoms with E-state index in [9.17, 15) is 14.4 Å². The molecule has 3 rings (SSSR count). The number of ether oxygens (including phenoxy) is 2. The minimum Gasteiger partial charge on any atom is -0.497 e. The van der Waals surface area contributed by atoms with Gasteiger partial charge in [0.2, 0.25) is 5.91 Å². The molecule has 202 valence electrons. The highest BCUT2D eigenvalue weighted by Crippen LogP contribution is 2.35. The van der Waals surface area contributed by atoms with Gasteiger partial charge in [0.1, 0.15) is 22.4 Å². The number of amides is 3. The topological polar surface area (TPSA) is 150 Å². The van der Waals surface area contributed by atoms with Crippen molar-refractivity contribution < 1.29 is 23.9 Å². The first-order valence-electron chi connectivity index (χ1n) is 12.1. The second-order valence-corrected chi connectivity index (χ2v) is 9.92. The summed E-state index contributed by atoms with van der Waals surface area (Å²) < 4.78 is 14.9. The second kappa shape index (κ2) is 12.0. The molecule has 38 heavy (non-hydrogen) atoms. The van der Waals surface area contributed by atoms with Gasteiger partial charge in [-0.15, -0.1) is 0 Å². The van der Waals surface area contributed by atoms with Gasteiger partial charge in [0.05, 0.1) is 19.4 Å². The number of carbonyl (C=O) groups is 3. The fraction of sp³-hybridized carbons (Fsp3) is 0.333. The first kappa shape index (κ1) is 28.5. The van der Waals surface area contributed by atoms with Crippen LogP contribution < -0.4 is 31.2 Å². The van der Waals surface area contributed by atoms with Crippen molar-refractivity contribution in [1.82, 2.24) is 9.69 Å². The van der Waals surface area contributed by atoms with Crippen molar-refractivity contribution >= 4 is 40.6 Å². The lowest BCUT2D eigenvalue weighted by Crippen LogP contribution is -2.50. The SMILES string of the molecule is CCOc1ccc([C@H](C(=O)NC(C)(C)CC)N(C(=O)c2snc(C(N)=O)c2N)c2cccc(OC)c2)cc1. The third kappa shape index (κ3) is 6.23. The van der Waals surface area contributed by atoms with E-state index in [1.165, 1.54) is 12.0 Å². The lowest BCUT2D eigenvalue weighted by molar-refractivity contribution is -0.124. The van der Waals surface area contributed by atoms with Crippen LogP contribution in [0, 0.1) is 0 Å². The predicted octanol–water partition coefficient (Wildman–Crippen LogP) is 3.92. The van der Waals surface area contributed by atoms with Crippen molar-refractivity contribution in [2.24, 2.45) is 5.73 Å². The Morgan fingerprint density at radius 1 is 1.11 bits per heavy atom. The molecule has 0 unspecified atom stereocenters. The Kier molecular flexibility index (Phi) is 8.95. The molecule has 3 amide bonds. The summed E-state index contributed by atoms with van der Waals surface area (Å²) in [4.78, 5) is 41.2. The summed E-state index contributed by atoms with van der Waals surface area (Å²) in [7, 11) is 1.51. The number of nitrogen functional groups attached to an aromatic ring is 1. The molecule has 2 aromatic carbocycles. The van der Waals surface area contributed by atoms with Crippen molar-refractivity contribution in [3.8, 4) is 11.5 Å². The molecule has 5 N–H and O–H groups in total. The molecule has 3 aromatic rings. The molecular formula is C27H33N5O5S. The molecule has 0 aliphatic carbocycles. The van der Waals surface area contributed by atoms with Gasteiger partial charge in [-0.05, 0) is 68.6 Å². The van der Waals surface area contributed by atoms with Crippen LogP contribution in [0.3, 0.4) is 0 Å². The number of nitrogens with zero attached hydrogens (tertiary/aromatic N) is 2. The van der Waals surface area contributed by atoms with Gasteiger partial charge < -0.3 is 26.3 Å². The van der Waals surface area contributed by atoms with E-state index in [0.717, 1.165) is 11.5 Å². The highest BCUT2D eigenvalue weighted by molar-refractivity contribution is 7.09. The maximum Gasteiger partial charge on any atom is 0.273 e. The number of methoxy groups -OCH3 is 1. The van der Waals surface area contributed by atoms with E-state index in [-0.39, 0.29) is 16.3 Å². The number of primary amides is 1.